The second-order valence-electron chi connectivity index (χ2n) is 4.28. The number of carbonyl (C=O) groups is 1. The third-order valence-corrected chi connectivity index (χ3v) is 3.85. The number of hydrogen-bond donors (Lipinski definition) is 3. The normalized spacial score (nSPS) is 11.3. The molecule has 0 fully saturated rings. The molecule has 0 rings (SSSR count). The van der Waals surface area contributed by atoms with Crippen LogP contribution >= 0.6 is 0 Å². The Kier molecular flexibility index (Phi) is 12.4. The van der Waals surface area contributed by atoms with Crippen LogP contribution in [-0.2, 0) is 4.79 Å². The average molecular weight is 246 g/mol. The summed E-state index contributed by atoms with van der Waals surface area (Å²) >= 11 is 0. The van der Waals surface area contributed by atoms with E-state index in [1.807, 2.05) is 0 Å². The van der Waals surface area contributed by atoms with Crippen molar-refractivity contribution in [2.45, 2.75) is 63.8 Å². The SMILES string of the molecule is NN[SiH2]CCCCCCCCCCC(=O)O. The molecule has 0 aliphatic rings. The number of carboxylic acid groups (broad SMARTS) is 1. The minimum Gasteiger partial charge on any atom is -0.481 e. The summed E-state index contributed by atoms with van der Waals surface area (Å²) < 4.78 is 0. The van der Waals surface area contributed by atoms with Gasteiger partial charge in [0, 0.05) is 6.42 Å². The van der Waals surface area contributed by atoms with Gasteiger partial charge in [0.05, 0.1) is 0 Å². The zero-order valence-corrected chi connectivity index (χ0v) is 11.6. The van der Waals surface area contributed by atoms with Crippen molar-refractivity contribution in [3.8, 4) is 0 Å². The Morgan fingerprint density at radius 3 is 2.00 bits per heavy atom. The van der Waals surface area contributed by atoms with Crippen molar-refractivity contribution in [1.82, 2.24) is 5.09 Å². The molecule has 0 atom stereocenters. The second kappa shape index (κ2) is 12.7. The van der Waals surface area contributed by atoms with Crippen LogP contribution in [0.4, 0.5) is 0 Å². The molecule has 0 bridgehead atoms. The largest absolute Gasteiger partial charge is 0.481 e. The maximum atomic E-state index is 10.2. The Balaban J connectivity index is 2.90. The summed E-state index contributed by atoms with van der Waals surface area (Å²) in [6.45, 7) is 0. The van der Waals surface area contributed by atoms with Crippen LogP contribution < -0.4 is 10.9 Å². The van der Waals surface area contributed by atoms with Gasteiger partial charge in [-0.2, -0.15) is 0 Å². The minimum absolute atomic E-state index is 0.165. The molecule has 0 aliphatic carbocycles. The fraction of sp³-hybridized carbons (Fsp3) is 0.909. The van der Waals surface area contributed by atoms with Gasteiger partial charge >= 0.3 is 5.97 Å². The standard InChI is InChI=1S/C11H26N2O2Si/c12-13-16-10-8-6-4-2-1-3-5-7-9-11(14)15/h13H,1-10,12,16H2,(H,14,15). The number of nitrogens with one attached hydrogen (secondary N) is 1. The van der Waals surface area contributed by atoms with Gasteiger partial charge in [-0.25, -0.2) is 0 Å². The Bertz CT molecular complexity index is 168. The van der Waals surface area contributed by atoms with E-state index in [0.29, 0.717) is 6.42 Å². The van der Waals surface area contributed by atoms with Crippen molar-refractivity contribution < 1.29 is 9.90 Å². The second-order valence-corrected chi connectivity index (χ2v) is 5.90. The van der Waals surface area contributed by atoms with E-state index in [0.717, 1.165) is 12.8 Å². The molecule has 4 nitrogen and oxygen atoms in total. The smallest absolute Gasteiger partial charge is 0.303 e. The quantitative estimate of drug-likeness (QED) is 0.211. The first kappa shape index (κ1) is 15.6. The Morgan fingerprint density at radius 2 is 1.50 bits per heavy atom. The van der Waals surface area contributed by atoms with Crippen molar-refractivity contribution in [3.05, 3.63) is 0 Å². The molecule has 4 N–H and O–H groups in total. The molecule has 0 amide bonds. The predicted octanol–water partition coefficient (Wildman–Crippen LogP) is 1.55. The zero-order valence-electron chi connectivity index (χ0n) is 10.2. The maximum absolute atomic E-state index is 10.2. The number of carboxylic acids is 1. The molecule has 96 valence electrons. The Hall–Kier alpha value is -0.393. The van der Waals surface area contributed by atoms with E-state index < -0.39 is 5.97 Å². The lowest BCUT2D eigenvalue weighted by Crippen LogP contribution is -2.25. The van der Waals surface area contributed by atoms with Gasteiger partial charge in [-0.3, -0.25) is 15.7 Å². The molecule has 0 saturated carbocycles. The molecule has 0 aromatic rings. The van der Waals surface area contributed by atoms with E-state index in [2.05, 4.69) is 5.09 Å². The highest BCUT2D eigenvalue weighted by Crippen LogP contribution is 2.10. The summed E-state index contributed by atoms with van der Waals surface area (Å²) in [5, 5.41) is 11.2. The van der Waals surface area contributed by atoms with Gasteiger partial charge in [0.1, 0.15) is 9.68 Å². The molecule has 0 aromatic carbocycles. The van der Waals surface area contributed by atoms with Gasteiger partial charge < -0.3 is 5.11 Å². The van der Waals surface area contributed by atoms with Gasteiger partial charge in [0.25, 0.3) is 0 Å². The Morgan fingerprint density at radius 1 is 1.00 bits per heavy atom. The molecule has 0 aromatic heterocycles. The van der Waals surface area contributed by atoms with Crippen molar-refractivity contribution in [3.63, 3.8) is 0 Å². The third kappa shape index (κ3) is 13.6. The minimum atomic E-state index is -0.669. The number of rotatable bonds is 12. The van der Waals surface area contributed by atoms with Crippen LogP contribution in [0, 0.1) is 0 Å². The Labute approximate surface area is 101 Å². The summed E-state index contributed by atoms with van der Waals surface area (Å²) in [6.07, 6.45) is 9.93. The number of unbranched alkanes of at least 4 members (excludes halogenated alkanes) is 7. The highest BCUT2D eigenvalue weighted by atomic mass is 28.2. The van der Waals surface area contributed by atoms with Crippen LogP contribution in [0.5, 0.6) is 0 Å². The average Bonchev–Trinajstić information content (AvgIpc) is 2.25. The number of aliphatic carboxylic acids is 1. The highest BCUT2D eigenvalue weighted by molar-refractivity contribution is 6.31. The molecule has 0 aliphatic heterocycles. The predicted molar refractivity (Wildman–Crippen MR) is 69.9 cm³/mol. The van der Waals surface area contributed by atoms with E-state index in [4.69, 9.17) is 10.9 Å². The van der Waals surface area contributed by atoms with Crippen molar-refractivity contribution in [2.24, 2.45) is 5.84 Å². The van der Waals surface area contributed by atoms with E-state index in [9.17, 15) is 4.79 Å². The van der Waals surface area contributed by atoms with Crippen molar-refractivity contribution >= 4 is 15.7 Å². The lowest BCUT2D eigenvalue weighted by Gasteiger charge is -2.01. The molecule has 0 radical (unpaired) electrons. The summed E-state index contributed by atoms with van der Waals surface area (Å²) in [6, 6.07) is 1.30. The van der Waals surface area contributed by atoms with E-state index >= 15 is 0 Å². The van der Waals surface area contributed by atoms with E-state index in [1.165, 1.54) is 44.6 Å². The van der Waals surface area contributed by atoms with Crippen LogP contribution in [0.2, 0.25) is 6.04 Å². The maximum Gasteiger partial charge on any atom is 0.303 e. The van der Waals surface area contributed by atoms with Gasteiger partial charge in [-0.15, -0.1) is 0 Å². The fourth-order valence-corrected chi connectivity index (χ4v) is 2.55. The van der Waals surface area contributed by atoms with Crippen LogP contribution in [0.25, 0.3) is 0 Å². The number of nitrogens with two attached hydrogens (primary N) is 1. The van der Waals surface area contributed by atoms with Crippen molar-refractivity contribution in [1.29, 1.82) is 0 Å². The monoisotopic (exact) mass is 246 g/mol. The molecular weight excluding hydrogens is 220 g/mol. The molecule has 5 heteroatoms. The lowest BCUT2D eigenvalue weighted by molar-refractivity contribution is -0.137. The topological polar surface area (TPSA) is 75.3 Å². The summed E-state index contributed by atoms with van der Waals surface area (Å²) in [4.78, 5) is 10.2. The molecule has 0 heterocycles. The van der Waals surface area contributed by atoms with Gasteiger partial charge in [0.2, 0.25) is 0 Å². The van der Waals surface area contributed by atoms with Crippen molar-refractivity contribution in [2.75, 3.05) is 0 Å². The molecule has 0 spiro atoms. The van der Waals surface area contributed by atoms with Crippen LogP contribution in [-0.4, -0.2) is 20.8 Å². The first-order valence-electron chi connectivity index (χ1n) is 6.42. The molecular formula is C11H26N2O2Si. The van der Waals surface area contributed by atoms with Gasteiger partial charge in [-0.1, -0.05) is 44.9 Å². The summed E-state index contributed by atoms with van der Waals surface area (Å²) in [7, 11) is -0.165. The van der Waals surface area contributed by atoms with Crippen LogP contribution in [0.3, 0.4) is 0 Å². The first-order valence-corrected chi connectivity index (χ1v) is 8.13. The highest BCUT2D eigenvalue weighted by Gasteiger charge is 1.96. The molecule has 0 saturated heterocycles. The fourth-order valence-electron chi connectivity index (χ4n) is 1.74. The zero-order chi connectivity index (χ0) is 12.1. The van der Waals surface area contributed by atoms with Gasteiger partial charge in [0.15, 0.2) is 0 Å². The van der Waals surface area contributed by atoms with Crippen LogP contribution in [0.15, 0.2) is 0 Å². The van der Waals surface area contributed by atoms with Gasteiger partial charge in [-0.05, 0) is 12.5 Å². The molecule has 0 unspecified atom stereocenters. The summed E-state index contributed by atoms with van der Waals surface area (Å²) in [5.41, 5.74) is 0. The number of hydrazine groups is 1. The van der Waals surface area contributed by atoms with Crippen LogP contribution in [0.1, 0.15) is 57.8 Å². The first-order chi connectivity index (χ1) is 7.77. The van der Waals surface area contributed by atoms with E-state index in [1.54, 1.807) is 0 Å². The molecule has 16 heavy (non-hydrogen) atoms. The van der Waals surface area contributed by atoms with E-state index in [-0.39, 0.29) is 9.68 Å². The summed E-state index contributed by atoms with van der Waals surface area (Å²) in [5.74, 6) is 4.56. The lowest BCUT2D eigenvalue weighted by atomic mass is 10.1. The number of hydrogen-bond acceptors (Lipinski definition) is 3. The third-order valence-electron chi connectivity index (χ3n) is 2.71.